The number of carbonyl (C=O) groups is 2. The van der Waals surface area contributed by atoms with Crippen LogP contribution in [0, 0.1) is 10.1 Å². The Morgan fingerprint density at radius 3 is 2.76 bits per heavy atom. The quantitative estimate of drug-likeness (QED) is 0.513. The molecule has 0 aliphatic carbocycles. The van der Waals surface area contributed by atoms with E-state index in [0.717, 1.165) is 11.3 Å². The first-order chi connectivity index (χ1) is 9.93. The van der Waals surface area contributed by atoms with Crippen LogP contribution in [0.15, 0.2) is 18.2 Å². The third-order valence-corrected chi connectivity index (χ3v) is 3.55. The van der Waals surface area contributed by atoms with Crippen molar-refractivity contribution in [3.8, 4) is 0 Å². The zero-order chi connectivity index (χ0) is 15.6. The normalized spacial score (nSPS) is 18.0. The number of nitro benzene ring substituents is 1. The van der Waals surface area contributed by atoms with Gasteiger partial charge < -0.3 is 5.32 Å². The number of benzene rings is 1. The number of imide groups is 1. The molecule has 0 spiro atoms. The number of hydrogen-bond donors (Lipinski definition) is 1. The molecular formula is C13H14ClN3O4. The van der Waals surface area contributed by atoms with Gasteiger partial charge in [-0.3, -0.25) is 19.8 Å². The highest BCUT2D eigenvalue weighted by atomic mass is 35.5. The summed E-state index contributed by atoms with van der Waals surface area (Å²) in [6, 6.07) is 3.23. The van der Waals surface area contributed by atoms with Crippen molar-refractivity contribution in [1.82, 2.24) is 10.2 Å². The van der Waals surface area contributed by atoms with Crippen molar-refractivity contribution in [3.63, 3.8) is 0 Å². The zero-order valence-corrected chi connectivity index (χ0v) is 12.1. The fraction of sp³-hybridized carbons (Fsp3) is 0.385. The zero-order valence-electron chi connectivity index (χ0n) is 11.3. The molecule has 1 atom stereocenters. The molecule has 1 fully saturated rings. The molecule has 8 heteroatoms. The summed E-state index contributed by atoms with van der Waals surface area (Å²) in [7, 11) is 0. The van der Waals surface area contributed by atoms with Crippen molar-refractivity contribution in [1.29, 1.82) is 0 Å². The van der Waals surface area contributed by atoms with E-state index in [-0.39, 0.29) is 23.2 Å². The molecule has 112 valence electrons. The fourth-order valence-corrected chi connectivity index (χ4v) is 2.38. The van der Waals surface area contributed by atoms with Gasteiger partial charge in [-0.25, -0.2) is 4.79 Å². The number of hydrogen-bond acceptors (Lipinski definition) is 4. The lowest BCUT2D eigenvalue weighted by atomic mass is 10.1. The van der Waals surface area contributed by atoms with Gasteiger partial charge in [-0.2, -0.15) is 0 Å². The maximum absolute atomic E-state index is 12.1. The van der Waals surface area contributed by atoms with Gasteiger partial charge in [0.2, 0.25) is 0 Å². The molecule has 0 radical (unpaired) electrons. The molecule has 1 saturated heterocycles. The molecule has 3 amide bonds. The Morgan fingerprint density at radius 1 is 1.43 bits per heavy atom. The molecule has 1 aliphatic rings. The molecule has 21 heavy (non-hydrogen) atoms. The Labute approximate surface area is 126 Å². The molecule has 7 nitrogen and oxygen atoms in total. The molecule has 1 aromatic rings. The second-order valence-electron chi connectivity index (χ2n) is 4.76. The first kappa shape index (κ1) is 15.2. The predicted octanol–water partition coefficient (Wildman–Crippen LogP) is 2.47. The predicted molar refractivity (Wildman–Crippen MR) is 75.9 cm³/mol. The van der Waals surface area contributed by atoms with Crippen LogP contribution in [0.1, 0.15) is 25.3 Å². The topological polar surface area (TPSA) is 92.6 Å². The smallest absolute Gasteiger partial charge is 0.325 e. The Hall–Kier alpha value is -2.15. The number of nitrogens with one attached hydrogen (secondary N) is 1. The summed E-state index contributed by atoms with van der Waals surface area (Å²) in [6.07, 6.45) is 1.35. The third-order valence-electron chi connectivity index (χ3n) is 3.23. The highest BCUT2D eigenvalue weighted by Gasteiger charge is 2.37. The van der Waals surface area contributed by atoms with Gasteiger partial charge in [0.1, 0.15) is 11.1 Å². The average Bonchev–Trinajstić information content (AvgIpc) is 2.68. The van der Waals surface area contributed by atoms with Crippen LogP contribution >= 0.6 is 11.6 Å². The van der Waals surface area contributed by atoms with Crippen molar-refractivity contribution in [2.45, 2.75) is 32.4 Å². The minimum Gasteiger partial charge on any atom is -0.326 e. The summed E-state index contributed by atoms with van der Waals surface area (Å²) in [5, 5.41) is 13.5. The van der Waals surface area contributed by atoms with Crippen molar-refractivity contribution < 1.29 is 14.5 Å². The summed E-state index contributed by atoms with van der Waals surface area (Å²) in [5.41, 5.74) is 0.234. The van der Waals surface area contributed by atoms with Crippen LogP contribution < -0.4 is 5.32 Å². The van der Waals surface area contributed by atoms with Crippen LogP contribution in [0.3, 0.4) is 0 Å². The fourth-order valence-electron chi connectivity index (χ4n) is 2.19. The third kappa shape index (κ3) is 3.13. The number of carbonyl (C=O) groups excluding carboxylic acids is 2. The van der Waals surface area contributed by atoms with E-state index < -0.39 is 17.0 Å². The number of halogens is 1. The lowest BCUT2D eigenvalue weighted by Gasteiger charge is -2.13. The van der Waals surface area contributed by atoms with Crippen LogP contribution in [0.4, 0.5) is 10.5 Å². The Kier molecular flexibility index (Phi) is 4.42. The number of nitrogens with zero attached hydrogens (tertiary/aromatic N) is 2. The van der Waals surface area contributed by atoms with Gasteiger partial charge in [-0.1, -0.05) is 31.0 Å². The van der Waals surface area contributed by atoms with E-state index in [1.807, 2.05) is 6.92 Å². The molecule has 0 saturated carbocycles. The molecule has 1 aliphatic heterocycles. The summed E-state index contributed by atoms with van der Waals surface area (Å²) < 4.78 is 0. The molecule has 2 rings (SSSR count). The van der Waals surface area contributed by atoms with Crippen molar-refractivity contribution in [2.75, 3.05) is 0 Å². The number of nitro groups is 1. The minimum absolute atomic E-state index is 0.0110. The molecule has 1 unspecified atom stereocenters. The van der Waals surface area contributed by atoms with E-state index in [1.54, 1.807) is 6.07 Å². The van der Waals surface area contributed by atoms with Crippen LogP contribution in [-0.4, -0.2) is 27.8 Å². The second-order valence-corrected chi connectivity index (χ2v) is 5.17. The van der Waals surface area contributed by atoms with Gasteiger partial charge in [0.25, 0.3) is 11.6 Å². The highest BCUT2D eigenvalue weighted by Crippen LogP contribution is 2.26. The van der Waals surface area contributed by atoms with Crippen molar-refractivity contribution >= 4 is 29.2 Å². The van der Waals surface area contributed by atoms with Crippen LogP contribution in [0.2, 0.25) is 5.02 Å². The molecular weight excluding hydrogens is 298 g/mol. The standard InChI is InChI=1S/C13H14ClN3O4/c1-2-3-10-12(18)16(13(19)15-10)7-8-4-5-9(14)11(6-8)17(20)21/h4-6,10H,2-3,7H2,1H3,(H,15,19). The highest BCUT2D eigenvalue weighted by molar-refractivity contribution is 6.32. The summed E-state index contributed by atoms with van der Waals surface area (Å²) in [5.74, 6) is -0.306. The van der Waals surface area contributed by atoms with Crippen LogP contribution in [0.5, 0.6) is 0 Å². The second kappa shape index (κ2) is 6.09. The number of urea groups is 1. The Morgan fingerprint density at radius 2 is 2.14 bits per heavy atom. The molecule has 0 aromatic heterocycles. The Balaban J connectivity index is 2.18. The Bertz CT molecular complexity index is 605. The summed E-state index contributed by atoms with van der Waals surface area (Å²) >= 11 is 5.73. The van der Waals surface area contributed by atoms with Gasteiger partial charge in [0.05, 0.1) is 11.5 Å². The van der Waals surface area contributed by atoms with Gasteiger partial charge in [-0.05, 0) is 18.1 Å². The number of amides is 3. The van der Waals surface area contributed by atoms with Crippen LogP contribution in [0.25, 0.3) is 0 Å². The van der Waals surface area contributed by atoms with Gasteiger partial charge >= 0.3 is 6.03 Å². The van der Waals surface area contributed by atoms with E-state index in [4.69, 9.17) is 11.6 Å². The van der Waals surface area contributed by atoms with Crippen molar-refractivity contribution in [2.24, 2.45) is 0 Å². The SMILES string of the molecule is CCCC1NC(=O)N(Cc2ccc(Cl)c([N+](=O)[O-])c2)C1=O. The molecule has 1 N–H and O–H groups in total. The molecule has 0 bridgehead atoms. The monoisotopic (exact) mass is 311 g/mol. The summed E-state index contributed by atoms with van der Waals surface area (Å²) in [6.45, 7) is 1.91. The van der Waals surface area contributed by atoms with Crippen LogP contribution in [-0.2, 0) is 11.3 Å². The lowest BCUT2D eigenvalue weighted by molar-refractivity contribution is -0.384. The van der Waals surface area contributed by atoms with Gasteiger partial charge in [0.15, 0.2) is 0 Å². The largest absolute Gasteiger partial charge is 0.326 e. The number of rotatable bonds is 5. The van der Waals surface area contributed by atoms with E-state index >= 15 is 0 Å². The maximum Gasteiger partial charge on any atom is 0.325 e. The van der Waals surface area contributed by atoms with Gasteiger partial charge in [-0.15, -0.1) is 0 Å². The molecule has 1 heterocycles. The lowest BCUT2D eigenvalue weighted by Crippen LogP contribution is -2.30. The first-order valence-electron chi connectivity index (χ1n) is 6.48. The van der Waals surface area contributed by atoms with E-state index in [9.17, 15) is 19.7 Å². The summed E-state index contributed by atoms with van der Waals surface area (Å²) in [4.78, 5) is 35.2. The van der Waals surface area contributed by atoms with E-state index in [1.165, 1.54) is 12.1 Å². The van der Waals surface area contributed by atoms with E-state index in [2.05, 4.69) is 5.32 Å². The molecule has 1 aromatic carbocycles. The van der Waals surface area contributed by atoms with Crippen molar-refractivity contribution in [3.05, 3.63) is 38.9 Å². The first-order valence-corrected chi connectivity index (χ1v) is 6.86. The van der Waals surface area contributed by atoms with E-state index in [0.29, 0.717) is 12.0 Å². The maximum atomic E-state index is 12.1. The van der Waals surface area contributed by atoms with Gasteiger partial charge in [0, 0.05) is 6.07 Å². The minimum atomic E-state index is -0.600. The average molecular weight is 312 g/mol.